The van der Waals surface area contributed by atoms with Gasteiger partial charge in [-0.15, -0.1) is 0 Å². The van der Waals surface area contributed by atoms with Crippen LogP contribution in [-0.2, 0) is 13.6 Å². The number of imidazole rings is 1. The minimum atomic E-state index is -0.267. The first-order valence-electron chi connectivity index (χ1n) is 9.13. The SMILES string of the molecule is COc1cc(-c2cc(N)c3nc(C)n(Cc4ccc(F)cc4)c3c2)cn(C)c1=O. The van der Waals surface area contributed by atoms with E-state index in [-0.39, 0.29) is 17.1 Å². The Balaban J connectivity index is 1.87. The zero-order valence-corrected chi connectivity index (χ0v) is 16.4. The van der Waals surface area contributed by atoms with E-state index in [2.05, 4.69) is 4.98 Å². The van der Waals surface area contributed by atoms with Gasteiger partial charge in [0.1, 0.15) is 17.2 Å². The lowest BCUT2D eigenvalue weighted by Gasteiger charge is -2.11. The van der Waals surface area contributed by atoms with Gasteiger partial charge in [0, 0.05) is 25.4 Å². The lowest BCUT2D eigenvalue weighted by atomic mass is 10.1. The summed E-state index contributed by atoms with van der Waals surface area (Å²) in [5, 5.41) is 0. The number of ether oxygens (including phenoxy) is 1. The Hall–Kier alpha value is -3.61. The number of hydrogen-bond acceptors (Lipinski definition) is 4. The number of pyridine rings is 1. The largest absolute Gasteiger partial charge is 0.491 e. The third-order valence-electron chi connectivity index (χ3n) is 5.03. The number of anilines is 1. The fourth-order valence-electron chi connectivity index (χ4n) is 3.49. The molecule has 0 aliphatic carbocycles. The van der Waals surface area contributed by atoms with E-state index in [0.717, 1.165) is 28.0 Å². The summed E-state index contributed by atoms with van der Waals surface area (Å²) in [6.45, 7) is 2.46. The normalized spacial score (nSPS) is 11.2. The van der Waals surface area contributed by atoms with Crippen molar-refractivity contribution in [1.29, 1.82) is 0 Å². The molecule has 2 aromatic heterocycles. The molecule has 4 aromatic rings. The van der Waals surface area contributed by atoms with E-state index in [4.69, 9.17) is 10.5 Å². The summed E-state index contributed by atoms with van der Waals surface area (Å²) in [7, 11) is 3.15. The van der Waals surface area contributed by atoms with E-state index in [1.54, 1.807) is 31.4 Å². The molecule has 0 atom stereocenters. The van der Waals surface area contributed by atoms with E-state index in [1.807, 2.05) is 23.6 Å². The molecule has 7 heteroatoms. The molecule has 0 radical (unpaired) electrons. The van der Waals surface area contributed by atoms with Crippen LogP contribution in [0, 0.1) is 12.7 Å². The predicted molar refractivity (Wildman–Crippen MR) is 112 cm³/mol. The number of aryl methyl sites for hydroxylation is 2. The number of aromatic nitrogens is 3. The Labute approximate surface area is 167 Å². The van der Waals surface area contributed by atoms with Gasteiger partial charge in [0.25, 0.3) is 5.56 Å². The molecular formula is C22H21FN4O2. The molecule has 0 bridgehead atoms. The lowest BCUT2D eigenvalue weighted by molar-refractivity contribution is 0.405. The highest BCUT2D eigenvalue weighted by Gasteiger charge is 2.14. The predicted octanol–water partition coefficient (Wildman–Crippen LogP) is 3.49. The summed E-state index contributed by atoms with van der Waals surface area (Å²) < 4.78 is 22.0. The molecule has 0 aliphatic rings. The number of nitrogen functional groups attached to an aromatic ring is 1. The average Bonchev–Trinajstić information content (AvgIpc) is 3.01. The molecule has 0 saturated carbocycles. The van der Waals surface area contributed by atoms with Gasteiger partial charge in [0.2, 0.25) is 0 Å². The summed E-state index contributed by atoms with van der Waals surface area (Å²) in [5.41, 5.74) is 10.8. The number of halogens is 1. The molecule has 0 saturated heterocycles. The van der Waals surface area contributed by atoms with Crippen LogP contribution in [0.2, 0.25) is 0 Å². The molecule has 29 heavy (non-hydrogen) atoms. The van der Waals surface area contributed by atoms with Crippen LogP contribution in [0.5, 0.6) is 5.75 Å². The first kappa shape index (κ1) is 18.7. The molecule has 0 amide bonds. The van der Waals surface area contributed by atoms with Crippen LogP contribution < -0.4 is 16.0 Å². The number of fused-ring (bicyclic) bond motifs is 1. The van der Waals surface area contributed by atoms with Crippen LogP contribution in [0.4, 0.5) is 10.1 Å². The maximum atomic E-state index is 13.2. The van der Waals surface area contributed by atoms with Gasteiger partial charge in [-0.1, -0.05) is 12.1 Å². The zero-order chi connectivity index (χ0) is 20.7. The van der Waals surface area contributed by atoms with E-state index in [9.17, 15) is 9.18 Å². The number of hydrogen-bond donors (Lipinski definition) is 1. The van der Waals surface area contributed by atoms with Crippen LogP contribution >= 0.6 is 0 Å². The Kier molecular flexibility index (Phi) is 4.58. The molecule has 0 aliphatic heterocycles. The molecule has 2 aromatic carbocycles. The third-order valence-corrected chi connectivity index (χ3v) is 5.03. The van der Waals surface area contributed by atoms with E-state index < -0.39 is 0 Å². The Morgan fingerprint density at radius 3 is 2.55 bits per heavy atom. The molecule has 4 rings (SSSR count). The van der Waals surface area contributed by atoms with Gasteiger partial charge in [0.15, 0.2) is 5.75 Å². The summed E-state index contributed by atoms with van der Waals surface area (Å²) >= 11 is 0. The zero-order valence-electron chi connectivity index (χ0n) is 16.4. The molecule has 0 spiro atoms. The van der Waals surface area contributed by atoms with E-state index in [0.29, 0.717) is 17.7 Å². The topological polar surface area (TPSA) is 75.1 Å². The highest BCUT2D eigenvalue weighted by molar-refractivity contribution is 5.92. The van der Waals surface area contributed by atoms with Crippen molar-refractivity contribution in [2.75, 3.05) is 12.8 Å². The Morgan fingerprint density at radius 2 is 1.86 bits per heavy atom. The monoisotopic (exact) mass is 392 g/mol. The van der Waals surface area contributed by atoms with Crippen molar-refractivity contribution in [3.8, 4) is 16.9 Å². The average molecular weight is 392 g/mol. The van der Waals surface area contributed by atoms with Crippen molar-refractivity contribution in [3.63, 3.8) is 0 Å². The van der Waals surface area contributed by atoms with Gasteiger partial charge < -0.3 is 19.6 Å². The maximum Gasteiger partial charge on any atom is 0.292 e. The third kappa shape index (κ3) is 3.35. The van der Waals surface area contributed by atoms with Gasteiger partial charge in [-0.25, -0.2) is 9.37 Å². The summed E-state index contributed by atoms with van der Waals surface area (Å²) in [6, 6.07) is 11.9. The van der Waals surface area contributed by atoms with Gasteiger partial charge in [-0.2, -0.15) is 0 Å². The van der Waals surface area contributed by atoms with Gasteiger partial charge in [-0.3, -0.25) is 4.79 Å². The number of nitrogens with two attached hydrogens (primary N) is 1. The van der Waals surface area contributed by atoms with Crippen molar-refractivity contribution in [2.45, 2.75) is 13.5 Å². The van der Waals surface area contributed by atoms with Crippen LogP contribution in [0.25, 0.3) is 22.2 Å². The Morgan fingerprint density at radius 1 is 1.14 bits per heavy atom. The molecule has 148 valence electrons. The lowest BCUT2D eigenvalue weighted by Crippen LogP contribution is -2.17. The summed E-state index contributed by atoms with van der Waals surface area (Å²) in [5.74, 6) is 0.807. The van der Waals surface area contributed by atoms with Gasteiger partial charge in [-0.05, 0) is 48.4 Å². The fraction of sp³-hybridized carbons (Fsp3) is 0.182. The van der Waals surface area contributed by atoms with Crippen molar-refractivity contribution >= 4 is 16.7 Å². The second kappa shape index (κ2) is 7.09. The standard InChI is InChI=1S/C22H21FN4O2/c1-13-25-21-18(24)8-15(16-10-20(29-3)22(28)26(2)12-16)9-19(21)27(13)11-14-4-6-17(23)7-5-14/h4-10,12H,11,24H2,1-3H3. The number of benzene rings is 2. The van der Waals surface area contributed by atoms with Crippen LogP contribution in [0.15, 0.2) is 53.5 Å². The quantitative estimate of drug-likeness (QED) is 0.540. The summed E-state index contributed by atoms with van der Waals surface area (Å²) in [4.78, 5) is 16.7. The van der Waals surface area contributed by atoms with E-state index >= 15 is 0 Å². The number of nitrogens with zero attached hydrogens (tertiary/aromatic N) is 3. The first-order valence-corrected chi connectivity index (χ1v) is 9.13. The van der Waals surface area contributed by atoms with Crippen molar-refractivity contribution in [2.24, 2.45) is 7.05 Å². The second-order valence-corrected chi connectivity index (χ2v) is 7.02. The molecule has 2 heterocycles. The molecule has 0 fully saturated rings. The fourth-order valence-corrected chi connectivity index (χ4v) is 3.49. The molecular weight excluding hydrogens is 371 g/mol. The minimum absolute atomic E-state index is 0.206. The molecule has 0 unspecified atom stereocenters. The van der Waals surface area contributed by atoms with Crippen LogP contribution in [0.3, 0.4) is 0 Å². The van der Waals surface area contributed by atoms with Gasteiger partial charge in [0.05, 0.1) is 18.3 Å². The second-order valence-electron chi connectivity index (χ2n) is 7.02. The van der Waals surface area contributed by atoms with Crippen LogP contribution in [0.1, 0.15) is 11.4 Å². The van der Waals surface area contributed by atoms with Crippen molar-refractivity contribution in [1.82, 2.24) is 14.1 Å². The maximum absolute atomic E-state index is 13.2. The smallest absolute Gasteiger partial charge is 0.292 e. The number of rotatable bonds is 4. The van der Waals surface area contributed by atoms with Crippen molar-refractivity contribution < 1.29 is 9.13 Å². The number of methoxy groups -OCH3 is 1. The minimum Gasteiger partial charge on any atom is -0.491 e. The van der Waals surface area contributed by atoms with E-state index in [1.165, 1.54) is 23.8 Å². The first-order chi connectivity index (χ1) is 13.9. The highest BCUT2D eigenvalue weighted by atomic mass is 19.1. The van der Waals surface area contributed by atoms with Gasteiger partial charge >= 0.3 is 0 Å². The Bertz CT molecular complexity index is 1270. The van der Waals surface area contributed by atoms with Crippen molar-refractivity contribution in [3.05, 3.63) is 76.2 Å². The molecule has 2 N–H and O–H groups in total. The van der Waals surface area contributed by atoms with Crippen LogP contribution in [-0.4, -0.2) is 21.2 Å². The highest BCUT2D eigenvalue weighted by Crippen LogP contribution is 2.31. The summed E-state index contributed by atoms with van der Waals surface area (Å²) in [6.07, 6.45) is 1.75. The molecule has 6 nitrogen and oxygen atoms in total.